The van der Waals surface area contributed by atoms with E-state index in [1.165, 1.54) is 27.8 Å². The van der Waals surface area contributed by atoms with Gasteiger partial charge in [-0.1, -0.05) is 113 Å². The fraction of sp³-hybridized carbons (Fsp3) is 0.586. The predicted molar refractivity (Wildman–Crippen MR) is 140 cm³/mol. The second-order valence-corrected chi connectivity index (χ2v) is 14.7. The summed E-state index contributed by atoms with van der Waals surface area (Å²) in [6.07, 6.45) is 0.836. The Labute approximate surface area is 198 Å². The number of para-hydroxylation sites is 1. The maximum Gasteiger partial charge on any atom is 0.295 e. The topological polar surface area (TPSA) is 18.5 Å². The first-order valence-corrected chi connectivity index (χ1v) is 13.2. The molecule has 2 aromatic carbocycles. The van der Waals surface area contributed by atoms with Crippen molar-refractivity contribution in [2.24, 2.45) is 0 Å². The van der Waals surface area contributed by atoms with Crippen LogP contribution in [0, 0.1) is 0 Å². The van der Waals surface area contributed by atoms with Gasteiger partial charge in [0.1, 0.15) is 11.5 Å². The first-order valence-electron chi connectivity index (χ1n) is 11.8. The van der Waals surface area contributed by atoms with Crippen LogP contribution >= 0.6 is 8.38 Å². The van der Waals surface area contributed by atoms with Crippen LogP contribution in [0.5, 0.6) is 11.5 Å². The molecule has 1 atom stereocenters. The zero-order valence-corrected chi connectivity index (χ0v) is 23.3. The summed E-state index contributed by atoms with van der Waals surface area (Å²) in [5.74, 6) is 2.06. The van der Waals surface area contributed by atoms with Gasteiger partial charge in [0.15, 0.2) is 0 Å². The van der Waals surface area contributed by atoms with Crippen molar-refractivity contribution in [3.05, 3.63) is 58.1 Å². The second kappa shape index (κ2) is 8.05. The van der Waals surface area contributed by atoms with Crippen LogP contribution in [0.15, 0.2) is 30.3 Å². The van der Waals surface area contributed by atoms with Crippen LogP contribution in [0.3, 0.4) is 0 Å². The van der Waals surface area contributed by atoms with Gasteiger partial charge in [-0.05, 0) is 27.2 Å². The Morgan fingerprint density at radius 1 is 0.688 bits per heavy atom. The fourth-order valence-electron chi connectivity index (χ4n) is 4.11. The summed E-state index contributed by atoms with van der Waals surface area (Å²) in [7, 11) is -1.08. The highest BCUT2D eigenvalue weighted by molar-refractivity contribution is 7.47. The Hall–Kier alpha value is -1.53. The zero-order chi connectivity index (χ0) is 24.3. The van der Waals surface area contributed by atoms with Crippen LogP contribution in [-0.4, -0.2) is 0 Å². The number of benzene rings is 2. The van der Waals surface area contributed by atoms with Crippen LogP contribution in [0.4, 0.5) is 0 Å². The van der Waals surface area contributed by atoms with Gasteiger partial charge in [0.2, 0.25) is 0 Å². The van der Waals surface area contributed by atoms with Crippen molar-refractivity contribution in [1.82, 2.24) is 0 Å². The molecule has 0 amide bonds. The highest BCUT2D eigenvalue weighted by Crippen LogP contribution is 2.56. The van der Waals surface area contributed by atoms with E-state index in [9.17, 15) is 0 Å². The molecule has 32 heavy (non-hydrogen) atoms. The van der Waals surface area contributed by atoms with Crippen molar-refractivity contribution in [1.29, 1.82) is 0 Å². The summed E-state index contributed by atoms with van der Waals surface area (Å²) in [5, 5.41) is 0. The minimum absolute atomic E-state index is 0.0327. The van der Waals surface area contributed by atoms with Crippen molar-refractivity contribution in [3.63, 3.8) is 0 Å². The largest absolute Gasteiger partial charge is 0.438 e. The molecule has 0 radical (unpaired) electrons. The molecule has 2 aromatic rings. The number of fused-ring (bicyclic) bond motifs is 1. The van der Waals surface area contributed by atoms with Gasteiger partial charge in [-0.3, -0.25) is 0 Å². The van der Waals surface area contributed by atoms with Crippen LogP contribution in [0.2, 0.25) is 0 Å². The van der Waals surface area contributed by atoms with E-state index in [-0.39, 0.29) is 21.7 Å². The fourth-order valence-corrected chi connectivity index (χ4v) is 5.62. The summed E-state index contributed by atoms with van der Waals surface area (Å²) in [6, 6.07) is 11.3. The molecule has 0 N–H and O–H groups in total. The second-order valence-electron chi connectivity index (χ2n) is 13.4. The van der Waals surface area contributed by atoms with Crippen molar-refractivity contribution in [3.8, 4) is 11.5 Å². The van der Waals surface area contributed by atoms with Gasteiger partial charge >= 0.3 is 0 Å². The van der Waals surface area contributed by atoms with Gasteiger partial charge in [0.05, 0.1) is 6.16 Å². The summed E-state index contributed by atoms with van der Waals surface area (Å²) in [5.41, 5.74) is 6.48. The standard InChI is InChI=1S/C29H43O2P/c1-26(2,3)20-16-22(28(7,8)9)25(23(17-20)29(10,11)12)31-32-18-19-14-13-15-21(24(19)30-32)27(4,5)6/h13-17H,18H2,1-12H3. The first-order chi connectivity index (χ1) is 14.4. The average Bonchev–Trinajstić information content (AvgIpc) is 3.00. The van der Waals surface area contributed by atoms with E-state index in [1.807, 2.05) is 0 Å². The van der Waals surface area contributed by atoms with E-state index >= 15 is 0 Å². The van der Waals surface area contributed by atoms with Gasteiger partial charge in [-0.2, -0.15) is 0 Å². The normalized spacial score (nSPS) is 17.2. The van der Waals surface area contributed by atoms with Crippen molar-refractivity contribution in [2.75, 3.05) is 0 Å². The Morgan fingerprint density at radius 3 is 1.62 bits per heavy atom. The summed E-state index contributed by atoms with van der Waals surface area (Å²) in [6.45, 7) is 27.3. The molecule has 3 heteroatoms. The lowest BCUT2D eigenvalue weighted by molar-refractivity contribution is 0.453. The van der Waals surface area contributed by atoms with Gasteiger partial charge in [0.25, 0.3) is 8.38 Å². The average molecular weight is 455 g/mol. The third kappa shape index (κ3) is 5.17. The molecule has 2 nitrogen and oxygen atoms in total. The SMILES string of the molecule is CC(C)(C)c1cc(C(C)(C)C)c(OP2Cc3cccc(C(C)(C)C)c3O2)c(C(C)(C)C)c1. The number of hydrogen-bond acceptors (Lipinski definition) is 2. The lowest BCUT2D eigenvalue weighted by atomic mass is 9.75. The Morgan fingerprint density at radius 2 is 1.19 bits per heavy atom. The lowest BCUT2D eigenvalue weighted by Crippen LogP contribution is -2.22. The third-order valence-corrected chi connectivity index (χ3v) is 7.53. The maximum atomic E-state index is 6.85. The lowest BCUT2D eigenvalue weighted by Gasteiger charge is -2.33. The van der Waals surface area contributed by atoms with E-state index in [2.05, 4.69) is 113 Å². The molecule has 0 aliphatic carbocycles. The molecule has 1 aliphatic heterocycles. The maximum absolute atomic E-state index is 6.85. The smallest absolute Gasteiger partial charge is 0.295 e. The quantitative estimate of drug-likeness (QED) is 0.421. The van der Waals surface area contributed by atoms with Crippen molar-refractivity contribution < 1.29 is 9.05 Å². The summed E-state index contributed by atoms with van der Waals surface area (Å²) >= 11 is 0. The third-order valence-electron chi connectivity index (χ3n) is 6.16. The van der Waals surface area contributed by atoms with Gasteiger partial charge in [0, 0.05) is 22.3 Å². The molecule has 3 rings (SSSR count). The molecule has 0 bridgehead atoms. The molecule has 176 valence electrons. The van der Waals surface area contributed by atoms with Gasteiger partial charge < -0.3 is 9.05 Å². The van der Waals surface area contributed by atoms with Crippen molar-refractivity contribution in [2.45, 2.75) is 111 Å². The molecule has 1 aliphatic rings. The molecule has 0 fully saturated rings. The summed E-state index contributed by atoms with van der Waals surface area (Å²) < 4.78 is 13.4. The minimum atomic E-state index is -1.08. The Balaban J connectivity index is 2.10. The van der Waals surface area contributed by atoms with E-state index in [1.54, 1.807) is 0 Å². The van der Waals surface area contributed by atoms with E-state index < -0.39 is 8.38 Å². The van der Waals surface area contributed by atoms with Crippen LogP contribution in [-0.2, 0) is 27.8 Å². The first kappa shape index (κ1) is 25.1. The van der Waals surface area contributed by atoms with Gasteiger partial charge in [-0.15, -0.1) is 0 Å². The monoisotopic (exact) mass is 454 g/mol. The molecule has 0 saturated carbocycles. The molecule has 0 spiro atoms. The number of hydrogen-bond donors (Lipinski definition) is 0. The number of rotatable bonds is 2. The van der Waals surface area contributed by atoms with Crippen LogP contribution in [0.25, 0.3) is 0 Å². The van der Waals surface area contributed by atoms with E-state index in [0.29, 0.717) is 0 Å². The van der Waals surface area contributed by atoms with E-state index in [0.717, 1.165) is 17.7 Å². The molecular weight excluding hydrogens is 411 g/mol. The highest BCUT2D eigenvalue weighted by Gasteiger charge is 2.36. The molecular formula is C29H43O2P. The zero-order valence-electron chi connectivity index (χ0n) is 22.4. The summed E-state index contributed by atoms with van der Waals surface area (Å²) in [4.78, 5) is 0. The highest BCUT2D eigenvalue weighted by atomic mass is 31.2. The predicted octanol–water partition coefficient (Wildman–Crippen LogP) is 9.16. The molecule has 1 unspecified atom stereocenters. The molecule has 0 aromatic heterocycles. The Bertz CT molecular complexity index is 957. The van der Waals surface area contributed by atoms with E-state index in [4.69, 9.17) is 9.05 Å². The van der Waals surface area contributed by atoms with Crippen LogP contribution < -0.4 is 9.05 Å². The van der Waals surface area contributed by atoms with Crippen LogP contribution in [0.1, 0.15) is 111 Å². The van der Waals surface area contributed by atoms with Crippen molar-refractivity contribution >= 4 is 8.38 Å². The molecule has 0 saturated heterocycles. The minimum Gasteiger partial charge on any atom is -0.438 e. The molecule has 1 heterocycles. The Kier molecular flexibility index (Phi) is 6.31. The van der Waals surface area contributed by atoms with Gasteiger partial charge in [-0.25, -0.2) is 0 Å².